The summed E-state index contributed by atoms with van der Waals surface area (Å²) in [7, 11) is 5.79. The molecule has 1 aromatic rings. The lowest BCUT2D eigenvalue weighted by molar-refractivity contribution is 0.183. The van der Waals surface area contributed by atoms with Crippen molar-refractivity contribution < 1.29 is 4.74 Å². The number of nitrogens with one attached hydrogen (secondary N) is 1. The zero-order valence-corrected chi connectivity index (χ0v) is 13.1. The third-order valence-electron chi connectivity index (χ3n) is 2.97. The smallest absolute Gasteiger partial charge is 0.185 e. The molecule has 1 N–H and O–H groups in total. The molecule has 0 radical (unpaired) electrons. The molecule has 4 nitrogen and oxygen atoms in total. The maximum Gasteiger partial charge on any atom is 0.185 e. The van der Waals surface area contributed by atoms with E-state index < -0.39 is 0 Å². The number of nitrogens with zero attached hydrogens (tertiary/aromatic N) is 2. The van der Waals surface area contributed by atoms with Crippen molar-refractivity contribution in [3.05, 3.63) is 10.6 Å². The molecule has 1 heterocycles. The highest BCUT2D eigenvalue weighted by Crippen LogP contribution is 2.31. The van der Waals surface area contributed by atoms with E-state index in [1.165, 1.54) is 10.6 Å². The molecule has 1 unspecified atom stereocenters. The molecular formula is C13H25N3OS. The van der Waals surface area contributed by atoms with Crippen molar-refractivity contribution in [2.24, 2.45) is 0 Å². The molecule has 0 aliphatic heterocycles. The molecule has 0 fully saturated rings. The van der Waals surface area contributed by atoms with Gasteiger partial charge >= 0.3 is 0 Å². The number of thiazole rings is 1. The van der Waals surface area contributed by atoms with Crippen LogP contribution in [-0.4, -0.2) is 38.8 Å². The molecule has 0 aliphatic rings. The molecule has 104 valence electrons. The molecular weight excluding hydrogens is 246 g/mol. The summed E-state index contributed by atoms with van der Waals surface area (Å²) in [6.45, 7) is 8.14. The molecule has 0 aliphatic carbocycles. The Hall–Kier alpha value is -0.650. The highest BCUT2D eigenvalue weighted by atomic mass is 32.1. The summed E-state index contributed by atoms with van der Waals surface area (Å²) in [4.78, 5) is 8.31. The fourth-order valence-corrected chi connectivity index (χ4v) is 3.07. The summed E-state index contributed by atoms with van der Waals surface area (Å²) in [5.74, 6) is 0.462. The lowest BCUT2D eigenvalue weighted by Gasteiger charge is -2.23. The van der Waals surface area contributed by atoms with E-state index in [0.29, 0.717) is 18.6 Å². The van der Waals surface area contributed by atoms with Gasteiger partial charge in [-0.2, -0.15) is 0 Å². The Balaban J connectivity index is 2.92. The minimum Gasteiger partial charge on any atom is -0.383 e. The van der Waals surface area contributed by atoms with Crippen LogP contribution < -0.4 is 10.2 Å². The first-order valence-corrected chi connectivity index (χ1v) is 7.18. The van der Waals surface area contributed by atoms with Crippen molar-refractivity contribution in [2.45, 2.75) is 39.3 Å². The minimum absolute atomic E-state index is 0.337. The first kappa shape index (κ1) is 15.4. The zero-order chi connectivity index (χ0) is 13.7. The highest BCUT2D eigenvalue weighted by molar-refractivity contribution is 7.15. The number of aromatic nitrogens is 1. The Morgan fingerprint density at radius 3 is 2.56 bits per heavy atom. The molecule has 5 heteroatoms. The van der Waals surface area contributed by atoms with Crippen LogP contribution in [0.15, 0.2) is 0 Å². The summed E-state index contributed by atoms with van der Waals surface area (Å²) < 4.78 is 5.20. The molecule has 1 rings (SSSR count). The van der Waals surface area contributed by atoms with Gasteiger partial charge in [0.05, 0.1) is 18.3 Å². The SMILES string of the molecule is CNCc1sc(N(C)C(C)COC)nc1C(C)C. The van der Waals surface area contributed by atoms with Crippen molar-refractivity contribution in [1.82, 2.24) is 10.3 Å². The molecule has 0 bridgehead atoms. The lowest BCUT2D eigenvalue weighted by Crippen LogP contribution is -2.32. The van der Waals surface area contributed by atoms with E-state index >= 15 is 0 Å². The lowest BCUT2D eigenvalue weighted by atomic mass is 10.1. The van der Waals surface area contributed by atoms with Crippen LogP contribution in [0.4, 0.5) is 5.13 Å². The van der Waals surface area contributed by atoms with E-state index in [1.807, 2.05) is 7.05 Å². The van der Waals surface area contributed by atoms with E-state index in [0.717, 1.165) is 11.7 Å². The van der Waals surface area contributed by atoms with E-state index in [9.17, 15) is 0 Å². The maximum absolute atomic E-state index is 5.20. The van der Waals surface area contributed by atoms with Crippen LogP contribution in [0.2, 0.25) is 0 Å². The molecule has 1 aromatic heterocycles. The standard InChI is InChI=1S/C13H25N3OS/c1-9(2)12-11(7-14-4)18-13(15-12)16(5)10(3)8-17-6/h9-10,14H,7-8H2,1-6H3. The van der Waals surface area contributed by atoms with Crippen molar-refractivity contribution >= 4 is 16.5 Å². The number of hydrogen-bond acceptors (Lipinski definition) is 5. The monoisotopic (exact) mass is 271 g/mol. The van der Waals surface area contributed by atoms with Crippen LogP contribution in [0.5, 0.6) is 0 Å². The number of hydrogen-bond donors (Lipinski definition) is 1. The summed E-state index contributed by atoms with van der Waals surface area (Å²) >= 11 is 1.77. The van der Waals surface area contributed by atoms with Crippen molar-refractivity contribution in [3.8, 4) is 0 Å². The summed E-state index contributed by atoms with van der Waals surface area (Å²) in [6.07, 6.45) is 0. The van der Waals surface area contributed by atoms with Crippen LogP contribution in [0.25, 0.3) is 0 Å². The van der Waals surface area contributed by atoms with Gasteiger partial charge in [0.1, 0.15) is 0 Å². The third-order valence-corrected chi connectivity index (χ3v) is 4.13. The van der Waals surface area contributed by atoms with Gasteiger partial charge in [-0.05, 0) is 19.9 Å². The highest BCUT2D eigenvalue weighted by Gasteiger charge is 2.18. The van der Waals surface area contributed by atoms with Crippen molar-refractivity contribution in [2.75, 3.05) is 32.7 Å². The van der Waals surface area contributed by atoms with Gasteiger partial charge in [0, 0.05) is 25.6 Å². The average molecular weight is 271 g/mol. The molecule has 0 spiro atoms. The van der Waals surface area contributed by atoms with Gasteiger partial charge in [-0.15, -0.1) is 11.3 Å². The van der Waals surface area contributed by atoms with Gasteiger partial charge < -0.3 is 15.0 Å². The van der Waals surface area contributed by atoms with Crippen molar-refractivity contribution in [1.29, 1.82) is 0 Å². The third kappa shape index (κ3) is 3.67. The van der Waals surface area contributed by atoms with Gasteiger partial charge in [0.25, 0.3) is 0 Å². The van der Waals surface area contributed by atoms with Gasteiger partial charge in [0.15, 0.2) is 5.13 Å². The number of rotatable bonds is 7. The predicted molar refractivity (Wildman–Crippen MR) is 78.7 cm³/mol. The molecule has 1 atom stereocenters. The topological polar surface area (TPSA) is 37.4 Å². The van der Waals surface area contributed by atoms with Gasteiger partial charge in [-0.1, -0.05) is 13.8 Å². The fourth-order valence-electron chi connectivity index (χ4n) is 1.78. The fraction of sp³-hybridized carbons (Fsp3) is 0.769. The second-order valence-corrected chi connectivity index (χ2v) is 5.97. The Bertz CT molecular complexity index is 365. The normalized spacial score (nSPS) is 13.1. The predicted octanol–water partition coefficient (Wildman–Crippen LogP) is 2.46. The number of methoxy groups -OCH3 is 1. The molecule has 0 saturated heterocycles. The molecule has 0 amide bonds. The van der Waals surface area contributed by atoms with Crippen LogP contribution in [0.3, 0.4) is 0 Å². The Labute approximate surface area is 114 Å². The summed E-state index contributed by atoms with van der Waals surface area (Å²) in [5, 5.41) is 4.29. The summed E-state index contributed by atoms with van der Waals surface area (Å²) in [5.41, 5.74) is 1.21. The van der Waals surface area contributed by atoms with Crippen molar-refractivity contribution in [3.63, 3.8) is 0 Å². The second-order valence-electron chi connectivity index (χ2n) is 4.91. The van der Waals surface area contributed by atoms with E-state index in [-0.39, 0.29) is 0 Å². The summed E-state index contributed by atoms with van der Waals surface area (Å²) in [6, 6.07) is 0.337. The number of anilines is 1. The quantitative estimate of drug-likeness (QED) is 0.826. The van der Waals surface area contributed by atoms with E-state index in [1.54, 1.807) is 18.4 Å². The van der Waals surface area contributed by atoms with Crippen LogP contribution in [0, 0.1) is 0 Å². The van der Waals surface area contributed by atoms with Gasteiger partial charge in [-0.25, -0.2) is 4.98 Å². The average Bonchev–Trinajstić information content (AvgIpc) is 2.73. The van der Waals surface area contributed by atoms with Gasteiger partial charge in [0.2, 0.25) is 0 Å². The van der Waals surface area contributed by atoms with Crippen LogP contribution in [-0.2, 0) is 11.3 Å². The van der Waals surface area contributed by atoms with Crippen LogP contribution in [0.1, 0.15) is 37.3 Å². The number of likely N-dealkylation sites (N-methyl/N-ethyl adjacent to an activating group) is 1. The first-order valence-electron chi connectivity index (χ1n) is 6.37. The van der Waals surface area contributed by atoms with Gasteiger partial charge in [-0.3, -0.25) is 0 Å². The number of ether oxygens (including phenoxy) is 1. The molecule has 0 aromatic carbocycles. The van der Waals surface area contributed by atoms with Crippen LogP contribution >= 0.6 is 11.3 Å². The molecule has 18 heavy (non-hydrogen) atoms. The Morgan fingerprint density at radius 2 is 2.06 bits per heavy atom. The van der Waals surface area contributed by atoms with E-state index in [4.69, 9.17) is 9.72 Å². The second kappa shape index (κ2) is 7.07. The maximum atomic E-state index is 5.20. The van der Waals surface area contributed by atoms with E-state index in [2.05, 4.69) is 38.0 Å². The first-order chi connectivity index (χ1) is 8.51. The zero-order valence-electron chi connectivity index (χ0n) is 12.3. The Morgan fingerprint density at radius 1 is 1.39 bits per heavy atom. The Kier molecular flexibility index (Phi) is 6.05. The largest absolute Gasteiger partial charge is 0.383 e. The minimum atomic E-state index is 0.337. The molecule has 0 saturated carbocycles.